The number of amides is 1. The van der Waals surface area contributed by atoms with Crippen molar-refractivity contribution in [3.8, 4) is 0 Å². The topological polar surface area (TPSA) is 85.4 Å². The number of hydrogen-bond donors (Lipinski definition) is 3. The second kappa shape index (κ2) is 7.23. The van der Waals surface area contributed by atoms with Crippen molar-refractivity contribution in [1.29, 1.82) is 0 Å². The molecule has 0 atom stereocenters. The van der Waals surface area contributed by atoms with Gasteiger partial charge in [0.2, 0.25) is 5.91 Å². The zero-order chi connectivity index (χ0) is 18.0. The van der Waals surface area contributed by atoms with E-state index in [-0.39, 0.29) is 36.8 Å². The van der Waals surface area contributed by atoms with Gasteiger partial charge in [-0.15, -0.1) is 0 Å². The van der Waals surface area contributed by atoms with Gasteiger partial charge in [-0.3, -0.25) is 14.5 Å². The first kappa shape index (κ1) is 17.4. The fourth-order valence-electron chi connectivity index (χ4n) is 3.43. The maximum atomic E-state index is 13.2. The van der Waals surface area contributed by atoms with Gasteiger partial charge < -0.3 is 15.4 Å². The SMILES string of the molecule is CCN(CC(=O)O)C1CC(NC(=O)Cc2c[nH]c3cc(F)ccc23)C1. The van der Waals surface area contributed by atoms with E-state index in [9.17, 15) is 14.0 Å². The van der Waals surface area contributed by atoms with Gasteiger partial charge in [-0.25, -0.2) is 4.39 Å². The highest BCUT2D eigenvalue weighted by molar-refractivity contribution is 5.89. The highest BCUT2D eigenvalue weighted by Crippen LogP contribution is 2.26. The van der Waals surface area contributed by atoms with Gasteiger partial charge in [-0.1, -0.05) is 6.92 Å². The van der Waals surface area contributed by atoms with Gasteiger partial charge in [0.15, 0.2) is 0 Å². The summed E-state index contributed by atoms with van der Waals surface area (Å²) in [6, 6.07) is 4.77. The van der Waals surface area contributed by atoms with Crippen molar-refractivity contribution < 1.29 is 19.1 Å². The molecule has 1 aliphatic rings. The van der Waals surface area contributed by atoms with Gasteiger partial charge in [-0.05, 0) is 43.1 Å². The average Bonchev–Trinajstić information content (AvgIpc) is 2.90. The van der Waals surface area contributed by atoms with Gasteiger partial charge >= 0.3 is 5.97 Å². The van der Waals surface area contributed by atoms with Gasteiger partial charge in [0.05, 0.1) is 13.0 Å². The first-order chi connectivity index (χ1) is 12.0. The number of carbonyl (C=O) groups is 2. The fraction of sp³-hybridized carbons (Fsp3) is 0.444. The van der Waals surface area contributed by atoms with Crippen molar-refractivity contribution in [3.05, 3.63) is 35.8 Å². The van der Waals surface area contributed by atoms with E-state index in [2.05, 4.69) is 10.3 Å². The number of likely N-dealkylation sites (N-methyl/N-ethyl adjacent to an activating group) is 1. The van der Waals surface area contributed by atoms with Crippen molar-refractivity contribution in [1.82, 2.24) is 15.2 Å². The Balaban J connectivity index is 1.51. The Morgan fingerprint density at radius 2 is 2.16 bits per heavy atom. The van der Waals surface area contributed by atoms with E-state index in [1.54, 1.807) is 12.3 Å². The molecule has 2 aromatic rings. The van der Waals surface area contributed by atoms with Crippen molar-refractivity contribution >= 4 is 22.8 Å². The second-order valence-electron chi connectivity index (χ2n) is 6.53. The molecular formula is C18H22FN3O3. The number of benzene rings is 1. The van der Waals surface area contributed by atoms with Crippen LogP contribution in [-0.2, 0) is 16.0 Å². The Labute approximate surface area is 145 Å². The predicted molar refractivity (Wildman–Crippen MR) is 91.8 cm³/mol. The largest absolute Gasteiger partial charge is 0.480 e. The predicted octanol–water partition coefficient (Wildman–Crippen LogP) is 1.90. The third kappa shape index (κ3) is 3.99. The minimum absolute atomic E-state index is 0.0354. The van der Waals surface area contributed by atoms with Crippen LogP contribution in [-0.4, -0.2) is 52.0 Å². The molecule has 1 saturated carbocycles. The number of nitrogens with one attached hydrogen (secondary N) is 2. The summed E-state index contributed by atoms with van der Waals surface area (Å²) < 4.78 is 13.2. The standard InChI is InChI=1S/C18H22FN3O3/c1-2-22(10-18(24)25)14-7-13(8-14)21-17(23)5-11-9-20-16-6-12(19)3-4-15(11)16/h3-4,6,9,13-14,20H,2,5,7-8,10H2,1H3,(H,21,23)(H,24,25). The van der Waals surface area contributed by atoms with E-state index >= 15 is 0 Å². The number of hydrogen-bond acceptors (Lipinski definition) is 3. The number of carboxylic acid groups (broad SMARTS) is 1. The van der Waals surface area contributed by atoms with Crippen LogP contribution < -0.4 is 5.32 Å². The molecule has 1 fully saturated rings. The minimum Gasteiger partial charge on any atom is -0.480 e. The van der Waals surface area contributed by atoms with E-state index in [1.807, 2.05) is 11.8 Å². The summed E-state index contributed by atoms with van der Waals surface area (Å²) in [7, 11) is 0. The van der Waals surface area contributed by atoms with Gasteiger partial charge in [0.1, 0.15) is 5.82 Å². The maximum Gasteiger partial charge on any atom is 0.317 e. The lowest BCUT2D eigenvalue weighted by Crippen LogP contribution is -2.55. The number of aliphatic carboxylic acids is 1. The molecule has 7 heteroatoms. The summed E-state index contributed by atoms with van der Waals surface area (Å²) in [6.07, 6.45) is 3.51. The van der Waals surface area contributed by atoms with Gasteiger partial charge in [0, 0.05) is 29.2 Å². The van der Waals surface area contributed by atoms with Gasteiger partial charge in [0.25, 0.3) is 0 Å². The Hall–Kier alpha value is -2.41. The number of rotatable bonds is 7. The summed E-state index contributed by atoms with van der Waals surface area (Å²) in [6.45, 7) is 2.66. The van der Waals surface area contributed by atoms with E-state index in [0.717, 1.165) is 23.8 Å². The molecule has 25 heavy (non-hydrogen) atoms. The van der Waals surface area contributed by atoms with E-state index in [4.69, 9.17) is 5.11 Å². The van der Waals surface area contributed by atoms with Crippen molar-refractivity contribution in [3.63, 3.8) is 0 Å². The molecule has 1 aromatic heterocycles. The van der Waals surface area contributed by atoms with Crippen LogP contribution in [0.4, 0.5) is 4.39 Å². The molecule has 0 spiro atoms. The van der Waals surface area contributed by atoms with Crippen molar-refractivity contribution in [2.75, 3.05) is 13.1 Å². The second-order valence-corrected chi connectivity index (χ2v) is 6.53. The summed E-state index contributed by atoms with van der Waals surface area (Å²) in [5, 5.41) is 12.7. The molecule has 0 aliphatic heterocycles. The molecule has 1 amide bonds. The number of nitrogens with zero attached hydrogens (tertiary/aromatic N) is 1. The zero-order valence-electron chi connectivity index (χ0n) is 14.1. The van der Waals surface area contributed by atoms with Crippen LogP contribution in [0.15, 0.2) is 24.4 Å². The monoisotopic (exact) mass is 347 g/mol. The third-order valence-corrected chi connectivity index (χ3v) is 4.82. The number of carbonyl (C=O) groups excluding carboxylic acids is 1. The van der Waals surface area contributed by atoms with E-state index < -0.39 is 5.97 Å². The van der Waals surface area contributed by atoms with Crippen LogP contribution in [0.1, 0.15) is 25.3 Å². The highest BCUT2D eigenvalue weighted by Gasteiger charge is 2.34. The first-order valence-electron chi connectivity index (χ1n) is 8.47. The van der Waals surface area contributed by atoms with E-state index in [0.29, 0.717) is 12.1 Å². The molecule has 1 aromatic carbocycles. The normalized spacial score (nSPS) is 19.8. The smallest absolute Gasteiger partial charge is 0.317 e. The molecule has 3 N–H and O–H groups in total. The van der Waals surface area contributed by atoms with Crippen LogP contribution in [0.5, 0.6) is 0 Å². The lowest BCUT2D eigenvalue weighted by atomic mass is 9.85. The number of H-pyrrole nitrogens is 1. The average molecular weight is 347 g/mol. The molecule has 0 radical (unpaired) electrons. The van der Waals surface area contributed by atoms with E-state index in [1.165, 1.54) is 12.1 Å². The molecule has 3 rings (SSSR count). The Bertz CT molecular complexity index is 783. The van der Waals surface area contributed by atoms with Crippen LogP contribution in [0, 0.1) is 5.82 Å². The number of fused-ring (bicyclic) bond motifs is 1. The Morgan fingerprint density at radius 1 is 1.40 bits per heavy atom. The van der Waals surface area contributed by atoms with Crippen LogP contribution in [0.3, 0.4) is 0 Å². The number of carboxylic acids is 1. The van der Waals surface area contributed by atoms with Crippen molar-refractivity contribution in [2.45, 2.75) is 38.3 Å². The molecule has 0 unspecified atom stereocenters. The minimum atomic E-state index is -0.829. The van der Waals surface area contributed by atoms with Crippen molar-refractivity contribution in [2.24, 2.45) is 0 Å². The lowest BCUT2D eigenvalue weighted by Gasteiger charge is -2.42. The Morgan fingerprint density at radius 3 is 2.84 bits per heavy atom. The Kier molecular flexibility index (Phi) is 5.03. The fourth-order valence-corrected chi connectivity index (χ4v) is 3.43. The summed E-state index contributed by atoms with van der Waals surface area (Å²) in [5.41, 5.74) is 1.52. The quantitative estimate of drug-likeness (QED) is 0.714. The molecular weight excluding hydrogens is 325 g/mol. The van der Waals surface area contributed by atoms with Crippen LogP contribution >= 0.6 is 0 Å². The highest BCUT2D eigenvalue weighted by atomic mass is 19.1. The molecule has 134 valence electrons. The molecule has 6 nitrogen and oxygen atoms in total. The summed E-state index contributed by atoms with van der Waals surface area (Å²) in [4.78, 5) is 28.0. The van der Waals surface area contributed by atoms with Crippen LogP contribution in [0.25, 0.3) is 10.9 Å². The lowest BCUT2D eigenvalue weighted by molar-refractivity contribution is -0.139. The van der Waals surface area contributed by atoms with Crippen LogP contribution in [0.2, 0.25) is 0 Å². The van der Waals surface area contributed by atoms with Gasteiger partial charge in [-0.2, -0.15) is 0 Å². The molecule has 0 bridgehead atoms. The summed E-state index contributed by atoms with van der Waals surface area (Å²) >= 11 is 0. The summed E-state index contributed by atoms with van der Waals surface area (Å²) in [5.74, 6) is -1.22. The number of aromatic nitrogens is 1. The number of halogens is 1. The molecule has 1 heterocycles. The maximum absolute atomic E-state index is 13.2. The molecule has 0 saturated heterocycles. The first-order valence-corrected chi connectivity index (χ1v) is 8.47. The molecule has 1 aliphatic carbocycles. The number of aromatic amines is 1. The third-order valence-electron chi connectivity index (χ3n) is 4.82. The zero-order valence-corrected chi connectivity index (χ0v) is 14.1.